The largest absolute Gasteiger partial charge is 0.463 e. The number of alkyl carbamates (subject to hydrolysis) is 3. The summed E-state index contributed by atoms with van der Waals surface area (Å²) >= 11 is 0. The highest BCUT2D eigenvalue weighted by atomic mass is 31.2. The number of carbonyl (C=O) groups excluding carboxylic acids is 7. The van der Waals surface area contributed by atoms with Gasteiger partial charge in [0.2, 0.25) is 13.6 Å². The Balaban J connectivity index is 1.77. The lowest BCUT2D eigenvalue weighted by atomic mass is 9.83. The van der Waals surface area contributed by atoms with E-state index in [1.54, 1.807) is 146 Å². The molecule has 3 aromatic rings. The molecule has 0 bridgehead atoms. The summed E-state index contributed by atoms with van der Waals surface area (Å²) in [5.41, 5.74) is -0.987. The molecule has 5 N–H and O–H groups in total. The van der Waals surface area contributed by atoms with Crippen LogP contribution in [0.25, 0.3) is 0 Å². The van der Waals surface area contributed by atoms with Crippen LogP contribution in [0.3, 0.4) is 0 Å². The van der Waals surface area contributed by atoms with Crippen LogP contribution in [0.4, 0.5) is 14.4 Å². The van der Waals surface area contributed by atoms with E-state index in [1.807, 2.05) is 0 Å². The van der Waals surface area contributed by atoms with Gasteiger partial charge in [-0.15, -0.1) is 0 Å². The summed E-state index contributed by atoms with van der Waals surface area (Å²) in [7, 11) is -10.7. The van der Waals surface area contributed by atoms with Crippen LogP contribution in [0.2, 0.25) is 0 Å². The number of amides is 3. The Hall–Kier alpha value is -6.35. The second kappa shape index (κ2) is 33.3. The van der Waals surface area contributed by atoms with Crippen molar-refractivity contribution in [3.63, 3.8) is 0 Å². The molecular formula is C54H77N3O20P2. The number of nitrogens with one attached hydrogen (secondary N) is 3. The van der Waals surface area contributed by atoms with Gasteiger partial charge in [-0.1, -0.05) is 146 Å². The molecule has 0 aliphatic heterocycles. The molecular weight excluding hydrogens is 1070 g/mol. The molecule has 0 saturated heterocycles. The highest BCUT2D eigenvalue weighted by Crippen LogP contribution is 2.67. The minimum Gasteiger partial charge on any atom is -0.463 e. The number of rotatable bonds is 34. The zero-order valence-corrected chi connectivity index (χ0v) is 47.9. The second-order valence-corrected chi connectivity index (χ2v) is 23.6. The molecule has 3 atom stereocenters. The molecule has 23 nitrogen and oxygen atoms in total. The van der Waals surface area contributed by atoms with Crippen molar-refractivity contribution in [2.45, 2.75) is 131 Å². The quantitative estimate of drug-likeness (QED) is 0.0122. The van der Waals surface area contributed by atoms with Crippen LogP contribution in [0, 0.1) is 22.7 Å². The van der Waals surface area contributed by atoms with E-state index in [0.717, 1.165) is 0 Å². The molecule has 0 aliphatic rings. The minimum atomic E-state index is -5.50. The fourth-order valence-corrected chi connectivity index (χ4v) is 11.3. The molecule has 0 heterocycles. The highest BCUT2D eigenvalue weighted by molar-refractivity contribution is 7.71. The molecule has 0 spiro atoms. The van der Waals surface area contributed by atoms with E-state index in [-0.39, 0.29) is 58.5 Å². The van der Waals surface area contributed by atoms with Crippen molar-refractivity contribution < 1.29 is 94.7 Å². The number of hydrogen-bond donors (Lipinski definition) is 5. The molecule has 0 aliphatic carbocycles. The zero-order chi connectivity index (χ0) is 58.7. The molecule has 79 heavy (non-hydrogen) atoms. The van der Waals surface area contributed by atoms with E-state index < -0.39 is 131 Å². The lowest BCUT2D eigenvalue weighted by Gasteiger charge is -2.31. The number of ether oxygens (including phenoxy) is 7. The number of hydrogen-bond acceptors (Lipinski definition) is 18. The van der Waals surface area contributed by atoms with Crippen molar-refractivity contribution in [3.8, 4) is 0 Å². The van der Waals surface area contributed by atoms with Gasteiger partial charge in [-0.25, -0.2) is 24.0 Å². The van der Waals surface area contributed by atoms with Gasteiger partial charge < -0.3 is 58.9 Å². The van der Waals surface area contributed by atoms with Gasteiger partial charge in [0.1, 0.15) is 55.9 Å². The maximum Gasteiger partial charge on any atom is 0.408 e. The van der Waals surface area contributed by atoms with E-state index in [0.29, 0.717) is 16.7 Å². The monoisotopic (exact) mass is 1150 g/mol. The van der Waals surface area contributed by atoms with E-state index in [9.17, 15) is 52.5 Å². The first-order valence-corrected chi connectivity index (χ1v) is 29.3. The third-order valence-electron chi connectivity index (χ3n) is 13.1. The van der Waals surface area contributed by atoms with Crippen molar-refractivity contribution in [2.75, 3.05) is 33.3 Å². The van der Waals surface area contributed by atoms with Crippen molar-refractivity contribution in [3.05, 3.63) is 108 Å². The molecule has 3 rings (SSSR count). The normalized spacial score (nSPS) is 13.0. The fraction of sp³-hybridized carbons (Fsp3) is 0.537. The molecule has 0 aromatic heterocycles. The molecule has 0 fully saturated rings. The Morgan fingerprint density at radius 1 is 0.506 bits per heavy atom. The molecule has 3 amide bonds. The summed E-state index contributed by atoms with van der Waals surface area (Å²) < 4.78 is 76.6. The van der Waals surface area contributed by atoms with Gasteiger partial charge in [0.25, 0.3) is 0 Å². The van der Waals surface area contributed by atoms with Crippen LogP contribution in [0.1, 0.15) is 111 Å². The van der Waals surface area contributed by atoms with E-state index in [2.05, 4.69) is 16.0 Å². The van der Waals surface area contributed by atoms with Crippen molar-refractivity contribution >= 4 is 57.3 Å². The molecule has 0 radical (unpaired) electrons. The highest BCUT2D eigenvalue weighted by Gasteiger charge is 2.49. The summed E-state index contributed by atoms with van der Waals surface area (Å²) in [6.45, 7) is 9.02. The number of esters is 4. The molecule has 25 heteroatoms. The van der Waals surface area contributed by atoms with Crippen LogP contribution >= 0.6 is 15.2 Å². The smallest absolute Gasteiger partial charge is 0.408 e. The summed E-state index contributed by atoms with van der Waals surface area (Å²) in [5, 5.41) is 5.14. The lowest BCUT2D eigenvalue weighted by Crippen LogP contribution is -2.47. The Kier molecular flexibility index (Phi) is 28.2. The lowest BCUT2D eigenvalue weighted by molar-refractivity contribution is -0.172. The minimum absolute atomic E-state index is 0.0202. The third kappa shape index (κ3) is 22.0. The predicted octanol–water partition coefficient (Wildman–Crippen LogP) is 9.03. The van der Waals surface area contributed by atoms with Crippen molar-refractivity contribution in [2.24, 2.45) is 22.7 Å². The first kappa shape index (κ1) is 66.9. The topological polar surface area (TPSA) is 313 Å². The van der Waals surface area contributed by atoms with Gasteiger partial charge in [-0.3, -0.25) is 27.8 Å². The zero-order valence-electron chi connectivity index (χ0n) is 46.1. The van der Waals surface area contributed by atoms with Gasteiger partial charge in [-0.05, 0) is 67.1 Å². The Morgan fingerprint density at radius 2 is 0.848 bits per heavy atom. The maximum absolute atomic E-state index is 14.8. The molecule has 3 aromatic carbocycles. The van der Waals surface area contributed by atoms with Gasteiger partial charge in [0.05, 0.1) is 0 Å². The standard InChI is InChI=1S/C54H77N3O20P2/c1-9-53(10-2,34-72-46(58)44(38(5)6)56-51(63)70-32-41-25-18-14-19-26-41)48(60)74-36-76-79(68,43(78(65,66)67)29-22-30-55-50(62)69-31-40-23-16-13-17-24-40)77-37-75-49(61)54(11-3,12-4)35-73-47(59)45(39(7)8)57-52(64)71-33-42-27-20-15-21-28-42/h13-21,23-28,38-39,43-45H,9-12,22,29-37H2,1-8H3,(H,55,62)(H,56,63)(H,57,64)(H2,65,66,67)/t43?,44-,45-/m0/s1. The first-order valence-electron chi connectivity index (χ1n) is 26.0. The second-order valence-electron chi connectivity index (χ2n) is 19.1. The van der Waals surface area contributed by atoms with Crippen molar-refractivity contribution in [1.82, 2.24) is 16.0 Å². The van der Waals surface area contributed by atoms with Crippen LogP contribution in [0.5, 0.6) is 0 Å². The SMILES string of the molecule is CCC(CC)(COC(=O)[C@@H](NC(=O)OCc1ccccc1)C(C)C)C(=O)OCOP(=O)(OCOC(=O)C(CC)(CC)COC(=O)[C@@H](NC(=O)OCc1ccccc1)C(C)C)C(CCCNC(=O)OCc1ccccc1)P(=O)(O)O. The van der Waals surface area contributed by atoms with Gasteiger partial charge >= 0.3 is 57.3 Å². The van der Waals surface area contributed by atoms with E-state index in [4.69, 9.17) is 42.2 Å². The number of benzene rings is 3. The van der Waals surface area contributed by atoms with Crippen LogP contribution < -0.4 is 16.0 Å². The first-order chi connectivity index (χ1) is 37.5. The molecule has 438 valence electrons. The molecule has 1 unspecified atom stereocenters. The van der Waals surface area contributed by atoms with E-state index in [1.165, 1.54) is 0 Å². The summed E-state index contributed by atoms with van der Waals surface area (Å²) in [6, 6.07) is 24.1. The summed E-state index contributed by atoms with van der Waals surface area (Å²) in [5.74, 6) is -4.81. The van der Waals surface area contributed by atoms with Crippen LogP contribution in [-0.2, 0) is 90.3 Å². The maximum atomic E-state index is 14.8. The van der Waals surface area contributed by atoms with Gasteiger partial charge in [0, 0.05) is 6.54 Å². The third-order valence-corrected chi connectivity index (χ3v) is 17.8. The van der Waals surface area contributed by atoms with Crippen LogP contribution in [-0.4, -0.2) is 103 Å². The van der Waals surface area contributed by atoms with Crippen molar-refractivity contribution in [1.29, 1.82) is 0 Å². The predicted molar refractivity (Wildman–Crippen MR) is 286 cm³/mol. The van der Waals surface area contributed by atoms with Gasteiger partial charge in [0.15, 0.2) is 5.40 Å². The van der Waals surface area contributed by atoms with Gasteiger partial charge in [-0.2, -0.15) is 0 Å². The Labute approximate surface area is 461 Å². The molecule has 0 saturated carbocycles. The Bertz CT molecular complexity index is 2360. The summed E-state index contributed by atoms with van der Waals surface area (Å²) in [4.78, 5) is 114. The fourth-order valence-electron chi connectivity index (χ4n) is 7.56. The summed E-state index contributed by atoms with van der Waals surface area (Å²) in [6.07, 6.45) is -3.42. The average molecular weight is 1150 g/mol. The van der Waals surface area contributed by atoms with Crippen LogP contribution in [0.15, 0.2) is 91.0 Å². The number of carbonyl (C=O) groups is 7. The average Bonchev–Trinajstić information content (AvgIpc) is 3.45. The Morgan fingerprint density at radius 3 is 1.16 bits per heavy atom. The van der Waals surface area contributed by atoms with E-state index >= 15 is 0 Å².